The molecule has 0 aromatic heterocycles. The summed E-state index contributed by atoms with van der Waals surface area (Å²) < 4.78 is 17.8. The Bertz CT molecular complexity index is 375. The second-order valence-electron chi connectivity index (χ2n) is 5.34. The molecule has 0 saturated heterocycles. The van der Waals surface area contributed by atoms with Gasteiger partial charge >= 0.3 is 0 Å². The quantitative estimate of drug-likeness (QED) is 0.733. The topological polar surface area (TPSA) is 32.3 Å². The summed E-state index contributed by atoms with van der Waals surface area (Å²) >= 11 is -0.882. The zero-order valence-electron chi connectivity index (χ0n) is 11.8. The third kappa shape index (κ3) is 4.73. The van der Waals surface area contributed by atoms with Crippen molar-refractivity contribution in [2.24, 2.45) is 5.92 Å². The van der Waals surface area contributed by atoms with Crippen LogP contribution in [-0.4, -0.2) is 16.9 Å². The number of ether oxygens (including phenoxy) is 1. The average molecular weight is 280 g/mol. The van der Waals surface area contributed by atoms with Crippen LogP contribution in [0.4, 0.5) is 0 Å². The van der Waals surface area contributed by atoms with Crippen LogP contribution in [0.15, 0.2) is 29.2 Å². The van der Waals surface area contributed by atoms with Crippen LogP contribution in [0.25, 0.3) is 0 Å². The Labute approximate surface area is 119 Å². The van der Waals surface area contributed by atoms with Gasteiger partial charge in [-0.25, -0.2) is 0 Å². The van der Waals surface area contributed by atoms with E-state index in [0.29, 0.717) is 5.92 Å². The number of hydrogen-bond donors (Lipinski definition) is 0. The summed E-state index contributed by atoms with van der Waals surface area (Å²) in [6, 6.07) is 7.78. The Kier molecular flexibility index (Phi) is 6.05. The van der Waals surface area contributed by atoms with Crippen LogP contribution in [0.1, 0.15) is 45.4 Å². The van der Waals surface area contributed by atoms with Crippen LogP contribution in [-0.2, 0) is 11.2 Å². The van der Waals surface area contributed by atoms with Gasteiger partial charge in [-0.05, 0) is 48.5 Å². The van der Waals surface area contributed by atoms with E-state index in [0.717, 1.165) is 29.4 Å². The van der Waals surface area contributed by atoms with Gasteiger partial charge < -0.3 is 9.29 Å². The molecule has 3 heteroatoms. The maximum Gasteiger partial charge on any atom is 0.156 e. The molecule has 1 aromatic rings. The molecule has 19 heavy (non-hydrogen) atoms. The zero-order chi connectivity index (χ0) is 13.5. The molecular weight excluding hydrogens is 256 g/mol. The van der Waals surface area contributed by atoms with Gasteiger partial charge in [-0.2, -0.15) is 0 Å². The molecule has 0 spiro atoms. The molecule has 1 unspecified atom stereocenters. The van der Waals surface area contributed by atoms with Crippen molar-refractivity contribution < 1.29 is 9.29 Å². The number of hydrogen-bond acceptors (Lipinski definition) is 2. The van der Waals surface area contributed by atoms with Gasteiger partial charge in [0.15, 0.2) is 4.90 Å². The molecule has 2 rings (SSSR count). The molecule has 1 aliphatic carbocycles. The zero-order valence-corrected chi connectivity index (χ0v) is 12.6. The van der Waals surface area contributed by atoms with Crippen molar-refractivity contribution in [3.8, 4) is 5.75 Å². The first-order chi connectivity index (χ1) is 9.29. The first-order valence-electron chi connectivity index (χ1n) is 7.41. The normalized spacial score (nSPS) is 18.2. The highest BCUT2D eigenvalue weighted by Crippen LogP contribution is 2.25. The standard InChI is InChI=1S/C16H24O2S/c1-2-11-19(17)16-10-6-9-15(12-16)18-13-14-7-4-3-5-8-14/h6,9-10,12,14H,2-5,7-8,11,13H2,1H3. The Morgan fingerprint density at radius 1 is 1.26 bits per heavy atom. The summed E-state index contributed by atoms with van der Waals surface area (Å²) in [4.78, 5) is 0.892. The van der Waals surface area contributed by atoms with Crippen LogP contribution >= 0.6 is 0 Å². The predicted octanol–water partition coefficient (Wildman–Crippen LogP) is 4.16. The molecule has 0 heterocycles. The fraction of sp³-hybridized carbons (Fsp3) is 0.625. The second-order valence-corrected chi connectivity index (χ2v) is 6.91. The van der Waals surface area contributed by atoms with E-state index >= 15 is 0 Å². The van der Waals surface area contributed by atoms with Gasteiger partial charge in [0.1, 0.15) is 11.5 Å². The van der Waals surface area contributed by atoms with Crippen molar-refractivity contribution in [1.82, 2.24) is 0 Å². The Morgan fingerprint density at radius 2 is 2.05 bits per heavy atom. The van der Waals surface area contributed by atoms with Crippen LogP contribution in [0, 0.1) is 5.92 Å². The van der Waals surface area contributed by atoms with E-state index in [4.69, 9.17) is 4.74 Å². The largest absolute Gasteiger partial charge is 0.611 e. The van der Waals surface area contributed by atoms with E-state index in [2.05, 4.69) is 6.92 Å². The molecule has 0 aliphatic heterocycles. The van der Waals surface area contributed by atoms with Crippen molar-refractivity contribution >= 4 is 11.2 Å². The third-order valence-corrected chi connectivity index (χ3v) is 5.23. The lowest BCUT2D eigenvalue weighted by Gasteiger charge is -2.21. The van der Waals surface area contributed by atoms with Crippen molar-refractivity contribution in [3.63, 3.8) is 0 Å². The third-order valence-electron chi connectivity index (χ3n) is 3.67. The molecule has 1 fully saturated rings. The van der Waals surface area contributed by atoms with E-state index in [1.807, 2.05) is 24.3 Å². The number of rotatable bonds is 6. The molecule has 106 valence electrons. The van der Waals surface area contributed by atoms with Gasteiger partial charge in [-0.1, -0.05) is 32.3 Å². The number of benzene rings is 1. The monoisotopic (exact) mass is 280 g/mol. The summed E-state index contributed by atoms with van der Waals surface area (Å²) in [5, 5.41) is 0. The molecule has 1 saturated carbocycles. The van der Waals surface area contributed by atoms with Crippen molar-refractivity contribution in [3.05, 3.63) is 24.3 Å². The van der Waals surface area contributed by atoms with Crippen molar-refractivity contribution in [1.29, 1.82) is 0 Å². The average Bonchev–Trinajstić information content (AvgIpc) is 2.47. The predicted molar refractivity (Wildman–Crippen MR) is 80.1 cm³/mol. The van der Waals surface area contributed by atoms with E-state index in [1.54, 1.807) is 0 Å². The minimum Gasteiger partial charge on any atom is -0.611 e. The van der Waals surface area contributed by atoms with Crippen LogP contribution in [0.5, 0.6) is 5.75 Å². The van der Waals surface area contributed by atoms with Gasteiger partial charge in [0.05, 0.1) is 6.61 Å². The molecule has 2 nitrogen and oxygen atoms in total. The highest BCUT2D eigenvalue weighted by atomic mass is 32.2. The van der Waals surface area contributed by atoms with E-state index in [-0.39, 0.29) is 0 Å². The van der Waals surface area contributed by atoms with E-state index < -0.39 is 11.2 Å². The van der Waals surface area contributed by atoms with Crippen molar-refractivity contribution in [2.45, 2.75) is 50.3 Å². The highest BCUT2D eigenvalue weighted by molar-refractivity contribution is 7.91. The van der Waals surface area contributed by atoms with Gasteiger partial charge in [0.25, 0.3) is 0 Å². The lowest BCUT2D eigenvalue weighted by Crippen LogP contribution is -2.15. The lowest BCUT2D eigenvalue weighted by atomic mass is 9.90. The summed E-state index contributed by atoms with van der Waals surface area (Å²) in [7, 11) is 0. The van der Waals surface area contributed by atoms with Gasteiger partial charge in [0.2, 0.25) is 0 Å². The summed E-state index contributed by atoms with van der Waals surface area (Å²) in [6.45, 7) is 2.87. The SMILES string of the molecule is CCC[S+]([O-])c1cccc(OCC2CCCCC2)c1. The minimum absolute atomic E-state index is 0.707. The first-order valence-corrected chi connectivity index (χ1v) is 8.72. The maximum absolute atomic E-state index is 12.0. The van der Waals surface area contributed by atoms with Crippen molar-refractivity contribution in [2.75, 3.05) is 12.4 Å². The first kappa shape index (κ1) is 14.7. The molecule has 0 amide bonds. The minimum atomic E-state index is -0.882. The lowest BCUT2D eigenvalue weighted by molar-refractivity contribution is 0.208. The summed E-state index contributed by atoms with van der Waals surface area (Å²) in [5.41, 5.74) is 0. The molecule has 1 atom stereocenters. The Balaban J connectivity index is 1.87. The van der Waals surface area contributed by atoms with E-state index in [1.165, 1.54) is 32.1 Å². The molecule has 1 aromatic carbocycles. The molecule has 0 bridgehead atoms. The molecular formula is C16H24O2S. The second kappa shape index (κ2) is 7.81. The molecule has 0 N–H and O–H groups in total. The molecule has 1 aliphatic rings. The van der Waals surface area contributed by atoms with Crippen LogP contribution in [0.3, 0.4) is 0 Å². The Hall–Kier alpha value is -0.670. The van der Waals surface area contributed by atoms with Crippen LogP contribution < -0.4 is 4.74 Å². The Morgan fingerprint density at radius 3 is 2.79 bits per heavy atom. The fourth-order valence-corrected chi connectivity index (χ4v) is 3.66. The maximum atomic E-state index is 12.0. The van der Waals surface area contributed by atoms with E-state index in [9.17, 15) is 4.55 Å². The summed E-state index contributed by atoms with van der Waals surface area (Å²) in [6.07, 6.45) is 7.59. The van der Waals surface area contributed by atoms with Gasteiger partial charge in [-0.15, -0.1) is 0 Å². The summed E-state index contributed by atoms with van der Waals surface area (Å²) in [5.74, 6) is 2.30. The fourth-order valence-electron chi connectivity index (χ4n) is 2.58. The smallest absolute Gasteiger partial charge is 0.156 e. The molecule has 0 radical (unpaired) electrons. The van der Waals surface area contributed by atoms with Crippen LogP contribution in [0.2, 0.25) is 0 Å². The van der Waals surface area contributed by atoms with Gasteiger partial charge in [-0.3, -0.25) is 0 Å². The highest BCUT2D eigenvalue weighted by Gasteiger charge is 2.15. The van der Waals surface area contributed by atoms with Gasteiger partial charge in [0, 0.05) is 6.07 Å².